The van der Waals surface area contributed by atoms with E-state index in [-0.39, 0.29) is 11.8 Å². The van der Waals surface area contributed by atoms with E-state index in [4.69, 9.17) is 5.73 Å². The average molecular weight is 246 g/mol. The van der Waals surface area contributed by atoms with Gasteiger partial charge in [-0.15, -0.1) is 0 Å². The van der Waals surface area contributed by atoms with Gasteiger partial charge in [0.25, 0.3) is 0 Å². The Hall–Kier alpha value is -1.84. The van der Waals surface area contributed by atoms with E-state index in [1.54, 1.807) is 6.07 Å². The van der Waals surface area contributed by atoms with E-state index in [2.05, 4.69) is 0 Å². The molecule has 18 heavy (non-hydrogen) atoms. The molecular weight excluding hydrogens is 228 g/mol. The summed E-state index contributed by atoms with van der Waals surface area (Å²) in [6.07, 6.45) is 3.30. The smallest absolute Gasteiger partial charge is 0.248 e. The molecule has 1 fully saturated rings. The third kappa shape index (κ3) is 2.88. The first-order valence-electron chi connectivity index (χ1n) is 6.34. The Morgan fingerprint density at radius 1 is 1.33 bits per heavy atom. The van der Waals surface area contributed by atoms with Crippen molar-refractivity contribution < 1.29 is 9.59 Å². The lowest BCUT2D eigenvalue weighted by atomic mass is 10.0. The molecule has 1 aromatic carbocycles. The molecule has 1 aliphatic rings. The monoisotopic (exact) mass is 246 g/mol. The molecule has 1 heterocycles. The van der Waals surface area contributed by atoms with Crippen molar-refractivity contribution in [1.82, 2.24) is 4.90 Å². The quantitative estimate of drug-likeness (QED) is 0.852. The summed E-state index contributed by atoms with van der Waals surface area (Å²) in [5, 5.41) is 0. The first kappa shape index (κ1) is 12.6. The van der Waals surface area contributed by atoms with Gasteiger partial charge in [-0.2, -0.15) is 0 Å². The van der Waals surface area contributed by atoms with Gasteiger partial charge in [0.05, 0.1) is 0 Å². The molecule has 0 atom stereocenters. The van der Waals surface area contributed by atoms with Crippen LogP contribution in [0.4, 0.5) is 0 Å². The van der Waals surface area contributed by atoms with Gasteiger partial charge in [0.1, 0.15) is 0 Å². The minimum atomic E-state index is -0.386. The van der Waals surface area contributed by atoms with Crippen LogP contribution in [0.15, 0.2) is 24.3 Å². The van der Waals surface area contributed by atoms with Crippen LogP contribution >= 0.6 is 0 Å². The fourth-order valence-electron chi connectivity index (χ4n) is 2.38. The zero-order chi connectivity index (χ0) is 13.0. The summed E-state index contributed by atoms with van der Waals surface area (Å²) in [5.41, 5.74) is 6.88. The van der Waals surface area contributed by atoms with E-state index < -0.39 is 0 Å². The van der Waals surface area contributed by atoms with Crippen LogP contribution in [0.3, 0.4) is 0 Å². The standard InChI is InChI=1S/C14H18N2O2/c15-14(18)12-7-2-1-5-11(12)6-3-9-16-10-4-8-13(16)17/h1-2,5,7H,3-4,6,8-10H2,(H2,15,18). The Kier molecular flexibility index (Phi) is 3.97. The molecule has 1 saturated heterocycles. The normalized spacial score (nSPS) is 15.1. The molecule has 2 amide bonds. The lowest BCUT2D eigenvalue weighted by molar-refractivity contribution is -0.127. The lowest BCUT2D eigenvalue weighted by Gasteiger charge is -2.15. The highest BCUT2D eigenvalue weighted by atomic mass is 16.2. The number of carbonyl (C=O) groups is 2. The Morgan fingerprint density at radius 3 is 2.78 bits per heavy atom. The summed E-state index contributed by atoms with van der Waals surface area (Å²) in [6, 6.07) is 7.39. The van der Waals surface area contributed by atoms with Gasteiger partial charge in [-0.05, 0) is 30.9 Å². The van der Waals surface area contributed by atoms with Gasteiger partial charge >= 0.3 is 0 Å². The van der Waals surface area contributed by atoms with Crippen LogP contribution in [0.5, 0.6) is 0 Å². The SMILES string of the molecule is NC(=O)c1ccccc1CCCN1CCCC1=O. The van der Waals surface area contributed by atoms with Crippen molar-refractivity contribution in [3.05, 3.63) is 35.4 Å². The zero-order valence-corrected chi connectivity index (χ0v) is 10.4. The van der Waals surface area contributed by atoms with Crippen LogP contribution < -0.4 is 5.73 Å². The van der Waals surface area contributed by atoms with E-state index in [1.165, 1.54) is 0 Å². The second-order valence-corrected chi connectivity index (χ2v) is 4.61. The Labute approximate surface area is 107 Å². The maximum Gasteiger partial charge on any atom is 0.248 e. The fraction of sp³-hybridized carbons (Fsp3) is 0.429. The van der Waals surface area contributed by atoms with Crippen LogP contribution in [-0.4, -0.2) is 29.8 Å². The number of rotatable bonds is 5. The van der Waals surface area contributed by atoms with Crippen molar-refractivity contribution in [1.29, 1.82) is 0 Å². The number of likely N-dealkylation sites (tertiary alicyclic amines) is 1. The van der Waals surface area contributed by atoms with Gasteiger partial charge < -0.3 is 10.6 Å². The topological polar surface area (TPSA) is 63.4 Å². The average Bonchev–Trinajstić information content (AvgIpc) is 2.76. The number of carbonyl (C=O) groups excluding carboxylic acids is 2. The summed E-state index contributed by atoms with van der Waals surface area (Å²) < 4.78 is 0. The van der Waals surface area contributed by atoms with Crippen LogP contribution in [0, 0.1) is 0 Å². The molecule has 2 N–H and O–H groups in total. The molecule has 1 aromatic rings. The zero-order valence-electron chi connectivity index (χ0n) is 10.4. The number of benzene rings is 1. The fourth-order valence-corrected chi connectivity index (χ4v) is 2.38. The maximum absolute atomic E-state index is 11.4. The van der Waals surface area contributed by atoms with E-state index >= 15 is 0 Å². The molecule has 0 spiro atoms. The molecule has 96 valence electrons. The van der Waals surface area contributed by atoms with Crippen molar-refractivity contribution >= 4 is 11.8 Å². The van der Waals surface area contributed by atoms with E-state index in [0.29, 0.717) is 12.0 Å². The predicted molar refractivity (Wildman–Crippen MR) is 69.1 cm³/mol. The van der Waals surface area contributed by atoms with Gasteiger partial charge in [-0.1, -0.05) is 18.2 Å². The van der Waals surface area contributed by atoms with Crippen molar-refractivity contribution in [2.45, 2.75) is 25.7 Å². The maximum atomic E-state index is 11.4. The molecule has 0 aliphatic carbocycles. The third-order valence-corrected chi connectivity index (χ3v) is 3.33. The van der Waals surface area contributed by atoms with Gasteiger partial charge in [0, 0.05) is 25.1 Å². The summed E-state index contributed by atoms with van der Waals surface area (Å²) in [5.74, 6) is -0.138. The molecule has 0 saturated carbocycles. The predicted octanol–water partition coefficient (Wildman–Crippen LogP) is 1.34. The van der Waals surface area contributed by atoms with Crippen LogP contribution in [0.1, 0.15) is 35.2 Å². The van der Waals surface area contributed by atoms with E-state index in [1.807, 2.05) is 23.1 Å². The summed E-state index contributed by atoms with van der Waals surface area (Å²) in [7, 11) is 0. The molecular formula is C14H18N2O2. The van der Waals surface area contributed by atoms with Crippen LogP contribution in [0.2, 0.25) is 0 Å². The van der Waals surface area contributed by atoms with Crippen LogP contribution in [0.25, 0.3) is 0 Å². The van der Waals surface area contributed by atoms with E-state index in [9.17, 15) is 9.59 Å². The Balaban J connectivity index is 1.90. The van der Waals surface area contributed by atoms with Gasteiger partial charge in [-0.25, -0.2) is 0 Å². The molecule has 4 nitrogen and oxygen atoms in total. The Bertz CT molecular complexity index is 457. The first-order valence-corrected chi connectivity index (χ1v) is 6.34. The number of primary amides is 1. The summed E-state index contributed by atoms with van der Waals surface area (Å²) in [4.78, 5) is 24.6. The molecule has 1 aliphatic heterocycles. The van der Waals surface area contributed by atoms with Crippen molar-refractivity contribution in [3.63, 3.8) is 0 Å². The molecule has 0 aromatic heterocycles. The third-order valence-electron chi connectivity index (χ3n) is 3.33. The lowest BCUT2D eigenvalue weighted by Crippen LogP contribution is -2.26. The number of amides is 2. The number of nitrogens with zero attached hydrogens (tertiary/aromatic N) is 1. The number of nitrogens with two attached hydrogens (primary N) is 1. The molecule has 0 radical (unpaired) electrons. The summed E-state index contributed by atoms with van der Waals surface area (Å²) in [6.45, 7) is 1.64. The van der Waals surface area contributed by atoms with Gasteiger partial charge in [-0.3, -0.25) is 9.59 Å². The van der Waals surface area contributed by atoms with Crippen molar-refractivity contribution in [2.24, 2.45) is 5.73 Å². The minimum Gasteiger partial charge on any atom is -0.366 e. The summed E-state index contributed by atoms with van der Waals surface area (Å²) >= 11 is 0. The van der Waals surface area contributed by atoms with E-state index in [0.717, 1.165) is 37.9 Å². The molecule has 4 heteroatoms. The highest BCUT2D eigenvalue weighted by molar-refractivity contribution is 5.94. The first-order chi connectivity index (χ1) is 8.68. The van der Waals surface area contributed by atoms with Crippen molar-refractivity contribution in [3.8, 4) is 0 Å². The second kappa shape index (κ2) is 5.67. The minimum absolute atomic E-state index is 0.248. The highest BCUT2D eigenvalue weighted by Gasteiger charge is 2.19. The van der Waals surface area contributed by atoms with Crippen molar-refractivity contribution in [2.75, 3.05) is 13.1 Å². The molecule has 2 rings (SSSR count). The van der Waals surface area contributed by atoms with Gasteiger partial charge in [0.15, 0.2) is 0 Å². The molecule has 0 unspecified atom stereocenters. The largest absolute Gasteiger partial charge is 0.366 e. The highest BCUT2D eigenvalue weighted by Crippen LogP contribution is 2.13. The Morgan fingerprint density at radius 2 is 2.11 bits per heavy atom. The molecule has 0 bridgehead atoms. The number of hydrogen-bond donors (Lipinski definition) is 1. The number of aryl methyl sites for hydroxylation is 1. The van der Waals surface area contributed by atoms with Gasteiger partial charge in [0.2, 0.25) is 11.8 Å². The van der Waals surface area contributed by atoms with Crippen LogP contribution in [-0.2, 0) is 11.2 Å². The number of hydrogen-bond acceptors (Lipinski definition) is 2. The second-order valence-electron chi connectivity index (χ2n) is 4.61.